The maximum Gasteiger partial charge on any atom is -0.00235 e. The van der Waals surface area contributed by atoms with E-state index in [0.29, 0.717) is 0 Å². The van der Waals surface area contributed by atoms with Crippen LogP contribution in [0.2, 0.25) is 0 Å². The smallest absolute Gasteiger partial charge is 0.00235 e. The molecule has 0 heterocycles. The van der Waals surface area contributed by atoms with Crippen molar-refractivity contribution in [3.63, 3.8) is 0 Å². The number of fused-ring (bicyclic) bond motifs is 2. The van der Waals surface area contributed by atoms with Crippen molar-refractivity contribution in [1.82, 2.24) is 0 Å². The Labute approximate surface area is 231 Å². The number of hydrogen-bond acceptors (Lipinski definition) is 0. The van der Waals surface area contributed by atoms with E-state index in [1.54, 1.807) is 0 Å². The standard InChI is InChI=1S/C38H48/c1-5-7-9-11-13-15-17-29-23-33-27(3)19-21-31-32-22-20-28(4)34-24-30(18-16-14-12-10-8-6-2)26-36(38(32)34)35(25-29)37(31)33/h19-26H,5-18H2,1-4H3. The first-order valence-corrected chi connectivity index (χ1v) is 15.8. The van der Waals surface area contributed by atoms with Crippen molar-refractivity contribution in [2.24, 2.45) is 0 Å². The second kappa shape index (κ2) is 12.5. The van der Waals surface area contributed by atoms with E-state index in [1.165, 1.54) is 155 Å². The summed E-state index contributed by atoms with van der Waals surface area (Å²) in [4.78, 5) is 0. The zero-order chi connectivity index (χ0) is 26.5. The van der Waals surface area contributed by atoms with Gasteiger partial charge >= 0.3 is 0 Å². The minimum atomic E-state index is 1.19. The summed E-state index contributed by atoms with van der Waals surface area (Å²) in [6, 6.07) is 19.6. The summed E-state index contributed by atoms with van der Waals surface area (Å²) in [6.07, 6.45) is 18.6. The lowest BCUT2D eigenvalue weighted by Gasteiger charge is -2.19. The van der Waals surface area contributed by atoms with Gasteiger partial charge in [0.15, 0.2) is 0 Å². The zero-order valence-electron chi connectivity index (χ0n) is 24.5. The third-order valence-electron chi connectivity index (χ3n) is 9.00. The molecule has 0 nitrogen and oxygen atoms in total. The van der Waals surface area contributed by atoms with E-state index >= 15 is 0 Å². The van der Waals surface area contributed by atoms with E-state index < -0.39 is 0 Å². The first kappa shape index (κ1) is 27.0. The maximum atomic E-state index is 2.56. The van der Waals surface area contributed by atoms with Crippen LogP contribution in [0.5, 0.6) is 0 Å². The van der Waals surface area contributed by atoms with Crippen LogP contribution >= 0.6 is 0 Å². The first-order valence-electron chi connectivity index (χ1n) is 15.8. The molecule has 0 radical (unpaired) electrons. The normalized spacial score (nSPS) is 12.1. The van der Waals surface area contributed by atoms with E-state index in [1.807, 2.05) is 0 Å². The summed E-state index contributed by atoms with van der Waals surface area (Å²) in [5.41, 5.74) is 5.86. The van der Waals surface area contributed by atoms with Crippen molar-refractivity contribution in [2.45, 2.75) is 118 Å². The van der Waals surface area contributed by atoms with Crippen LogP contribution in [0.15, 0.2) is 48.5 Å². The average molecular weight is 505 g/mol. The van der Waals surface area contributed by atoms with E-state index in [9.17, 15) is 0 Å². The molecule has 0 atom stereocenters. The van der Waals surface area contributed by atoms with Gasteiger partial charge in [-0.3, -0.25) is 0 Å². The number of rotatable bonds is 14. The average Bonchev–Trinajstić information content (AvgIpc) is 2.93. The highest BCUT2D eigenvalue weighted by atomic mass is 14.2. The molecule has 5 aromatic rings. The van der Waals surface area contributed by atoms with Gasteiger partial charge in [0.1, 0.15) is 0 Å². The lowest BCUT2D eigenvalue weighted by Crippen LogP contribution is -1.95. The third-order valence-corrected chi connectivity index (χ3v) is 9.00. The molecule has 200 valence electrons. The molecular weight excluding hydrogens is 456 g/mol. The molecule has 5 aromatic carbocycles. The number of hydrogen-bond donors (Lipinski definition) is 0. The van der Waals surface area contributed by atoms with Gasteiger partial charge in [-0.15, -0.1) is 0 Å². The molecule has 0 aliphatic carbocycles. The van der Waals surface area contributed by atoms with Gasteiger partial charge in [0, 0.05) is 0 Å². The Balaban J connectivity index is 1.58. The van der Waals surface area contributed by atoms with Crippen LogP contribution in [0.4, 0.5) is 0 Å². The number of unbranched alkanes of at least 4 members (excludes halogenated alkanes) is 10. The lowest BCUT2D eigenvalue weighted by molar-refractivity contribution is 0.607. The fraction of sp³-hybridized carbons (Fsp3) is 0.474. The molecule has 38 heavy (non-hydrogen) atoms. The van der Waals surface area contributed by atoms with Gasteiger partial charge in [-0.1, -0.05) is 127 Å². The largest absolute Gasteiger partial charge is 0.0654 e. The topological polar surface area (TPSA) is 0 Å². The van der Waals surface area contributed by atoms with Crippen LogP contribution in [-0.4, -0.2) is 0 Å². The second-order valence-electron chi connectivity index (χ2n) is 12.0. The molecule has 0 aromatic heterocycles. The maximum absolute atomic E-state index is 2.56. The van der Waals surface area contributed by atoms with E-state index in [2.05, 4.69) is 76.2 Å². The minimum Gasteiger partial charge on any atom is -0.0654 e. The van der Waals surface area contributed by atoms with Gasteiger partial charge in [0.25, 0.3) is 0 Å². The molecule has 0 heteroatoms. The Hall–Kier alpha value is -2.60. The Morgan fingerprint density at radius 3 is 1.18 bits per heavy atom. The van der Waals surface area contributed by atoms with Gasteiger partial charge in [-0.2, -0.15) is 0 Å². The third kappa shape index (κ3) is 5.56. The van der Waals surface area contributed by atoms with E-state index in [4.69, 9.17) is 0 Å². The summed E-state index contributed by atoms with van der Waals surface area (Å²) < 4.78 is 0. The summed E-state index contributed by atoms with van der Waals surface area (Å²) >= 11 is 0. The van der Waals surface area contributed by atoms with Crippen LogP contribution in [0.1, 0.15) is 113 Å². The summed E-state index contributed by atoms with van der Waals surface area (Å²) in [5.74, 6) is 0. The molecule has 0 saturated carbocycles. The van der Waals surface area contributed by atoms with Gasteiger partial charge in [-0.25, -0.2) is 0 Å². The molecule has 0 amide bonds. The predicted octanol–water partition coefficient (Wildman–Crippen LogP) is 12.2. The molecule has 0 fully saturated rings. The quantitative estimate of drug-likeness (QED) is 0.0801. The Morgan fingerprint density at radius 2 is 0.763 bits per heavy atom. The fourth-order valence-corrected chi connectivity index (χ4v) is 6.75. The fourth-order valence-electron chi connectivity index (χ4n) is 6.75. The van der Waals surface area contributed by atoms with Crippen LogP contribution < -0.4 is 0 Å². The molecule has 0 N–H and O–H groups in total. The molecule has 0 aliphatic rings. The zero-order valence-corrected chi connectivity index (χ0v) is 24.5. The van der Waals surface area contributed by atoms with Crippen LogP contribution in [0.3, 0.4) is 0 Å². The highest BCUT2D eigenvalue weighted by molar-refractivity contribution is 6.33. The van der Waals surface area contributed by atoms with Crippen LogP contribution in [-0.2, 0) is 12.8 Å². The number of benzene rings is 5. The van der Waals surface area contributed by atoms with Crippen molar-refractivity contribution < 1.29 is 0 Å². The van der Waals surface area contributed by atoms with Crippen molar-refractivity contribution in [1.29, 1.82) is 0 Å². The first-order chi connectivity index (χ1) is 18.6. The van der Waals surface area contributed by atoms with Crippen molar-refractivity contribution in [2.75, 3.05) is 0 Å². The van der Waals surface area contributed by atoms with Gasteiger partial charge < -0.3 is 0 Å². The molecule has 0 saturated heterocycles. The summed E-state index contributed by atoms with van der Waals surface area (Å²) in [5, 5.41) is 11.7. The van der Waals surface area contributed by atoms with Gasteiger partial charge in [-0.05, 0) is 105 Å². The Morgan fingerprint density at radius 1 is 0.395 bits per heavy atom. The molecule has 5 rings (SSSR count). The highest BCUT2D eigenvalue weighted by Crippen LogP contribution is 2.43. The summed E-state index contributed by atoms with van der Waals surface area (Å²) in [7, 11) is 0. The van der Waals surface area contributed by atoms with Gasteiger partial charge in [0.05, 0.1) is 0 Å². The Bertz CT molecular complexity index is 1390. The van der Waals surface area contributed by atoms with Gasteiger partial charge in [0.2, 0.25) is 0 Å². The van der Waals surface area contributed by atoms with E-state index in [0.717, 1.165) is 0 Å². The molecule has 0 spiro atoms. The summed E-state index contributed by atoms with van der Waals surface area (Å²) in [6.45, 7) is 9.20. The van der Waals surface area contributed by atoms with Crippen molar-refractivity contribution in [3.05, 3.63) is 70.8 Å². The predicted molar refractivity (Wildman–Crippen MR) is 171 cm³/mol. The molecule has 0 unspecified atom stereocenters. The molecule has 0 bridgehead atoms. The minimum absolute atomic E-state index is 1.19. The Kier molecular flexibility index (Phi) is 8.88. The molecular formula is C38H48. The molecule has 0 aliphatic heterocycles. The highest BCUT2D eigenvalue weighted by Gasteiger charge is 2.17. The van der Waals surface area contributed by atoms with Crippen molar-refractivity contribution in [3.8, 4) is 0 Å². The van der Waals surface area contributed by atoms with Crippen molar-refractivity contribution >= 4 is 43.1 Å². The lowest BCUT2D eigenvalue weighted by atomic mass is 9.85. The second-order valence-corrected chi connectivity index (χ2v) is 12.0. The van der Waals surface area contributed by atoms with Crippen LogP contribution in [0, 0.1) is 13.8 Å². The van der Waals surface area contributed by atoms with E-state index in [-0.39, 0.29) is 0 Å². The number of aryl methyl sites for hydroxylation is 4. The monoisotopic (exact) mass is 504 g/mol. The SMILES string of the molecule is CCCCCCCCc1cc2c(C)ccc3c4ccc(C)c5cc(CCCCCCCC)cc(c(c1)c23)c54. The van der Waals surface area contributed by atoms with Crippen LogP contribution in [0.25, 0.3) is 43.1 Å².